The van der Waals surface area contributed by atoms with Gasteiger partial charge in [-0.2, -0.15) is 8.78 Å². The summed E-state index contributed by atoms with van der Waals surface area (Å²) in [7, 11) is -2.32. The first-order chi connectivity index (χ1) is 6.04. The molecular weight excluding hydrogens is 311 g/mol. The Morgan fingerprint density at radius 1 is 1.46 bits per heavy atom. The molecule has 2 nitrogen and oxygen atoms in total. The Hall–Kier alpha value is -0.240. The Balaban J connectivity index is 3.15. The van der Waals surface area contributed by atoms with E-state index in [2.05, 4.69) is 0 Å². The van der Waals surface area contributed by atoms with Crippen molar-refractivity contribution in [2.24, 2.45) is 0 Å². The molecule has 1 rings (SSSR count). The quantitative estimate of drug-likeness (QED) is 0.671. The lowest BCUT2D eigenvalue weighted by Crippen LogP contribution is -2.06. The van der Waals surface area contributed by atoms with Crippen LogP contribution in [0.5, 0.6) is 0 Å². The van der Waals surface area contributed by atoms with Gasteiger partial charge in [-0.15, -0.1) is 0 Å². The van der Waals surface area contributed by atoms with Gasteiger partial charge in [0.25, 0.3) is 0 Å². The SMILES string of the molecule is Nc1c(I)cccc1S(=O)C(F)F. The first-order valence-corrected chi connectivity index (χ1v) is 5.56. The number of rotatable bonds is 2. The highest BCUT2D eigenvalue weighted by molar-refractivity contribution is 14.1. The second-order valence-electron chi connectivity index (χ2n) is 2.21. The second kappa shape index (κ2) is 4.32. The van der Waals surface area contributed by atoms with Crippen LogP contribution in [0.25, 0.3) is 0 Å². The zero-order valence-corrected chi connectivity index (χ0v) is 9.31. The van der Waals surface area contributed by atoms with E-state index in [1.54, 1.807) is 12.1 Å². The number of anilines is 1. The Labute approximate surface area is 90.1 Å². The lowest BCUT2D eigenvalue weighted by molar-refractivity contribution is 0.244. The van der Waals surface area contributed by atoms with E-state index >= 15 is 0 Å². The summed E-state index contributed by atoms with van der Waals surface area (Å²) < 4.78 is 35.8. The van der Waals surface area contributed by atoms with E-state index in [1.165, 1.54) is 6.07 Å². The second-order valence-corrected chi connectivity index (χ2v) is 4.76. The van der Waals surface area contributed by atoms with Gasteiger partial charge in [0.2, 0.25) is 0 Å². The fourth-order valence-corrected chi connectivity index (χ4v) is 2.20. The lowest BCUT2D eigenvalue weighted by atomic mass is 10.3. The van der Waals surface area contributed by atoms with Crippen LogP contribution in [-0.4, -0.2) is 9.97 Å². The highest BCUT2D eigenvalue weighted by Gasteiger charge is 2.18. The average Bonchev–Trinajstić information content (AvgIpc) is 2.08. The maximum absolute atomic E-state index is 12.1. The number of halogens is 3. The highest BCUT2D eigenvalue weighted by atomic mass is 127. The van der Waals surface area contributed by atoms with Gasteiger partial charge >= 0.3 is 5.76 Å². The zero-order valence-electron chi connectivity index (χ0n) is 6.34. The summed E-state index contributed by atoms with van der Waals surface area (Å²) >= 11 is 1.90. The van der Waals surface area contributed by atoms with E-state index in [0.717, 1.165) is 0 Å². The standard InChI is InChI=1S/C7H6F2INOS/c8-7(9)13(12)5-3-1-2-4(10)6(5)11/h1-3,7H,11H2. The number of nitrogen functional groups attached to an aromatic ring is 1. The Kier molecular flexibility index (Phi) is 3.60. The minimum absolute atomic E-state index is 0.00176. The van der Waals surface area contributed by atoms with Gasteiger partial charge in [0.1, 0.15) is 10.8 Å². The minimum Gasteiger partial charge on any atom is -0.397 e. The molecule has 0 amide bonds. The number of alkyl halides is 2. The summed E-state index contributed by atoms with van der Waals surface area (Å²) in [4.78, 5) is 0.00176. The van der Waals surface area contributed by atoms with Crippen LogP contribution in [-0.2, 0) is 10.8 Å². The number of para-hydroxylation sites is 1. The normalized spacial score (nSPS) is 13.2. The van der Waals surface area contributed by atoms with Gasteiger partial charge in [-0.1, -0.05) is 6.07 Å². The summed E-state index contributed by atoms with van der Waals surface area (Å²) in [5, 5.41) is 0. The molecule has 13 heavy (non-hydrogen) atoms. The fourth-order valence-electron chi connectivity index (χ4n) is 0.789. The summed E-state index contributed by atoms with van der Waals surface area (Å²) in [5.41, 5.74) is 5.66. The first-order valence-electron chi connectivity index (χ1n) is 3.26. The Morgan fingerprint density at radius 3 is 2.62 bits per heavy atom. The molecule has 1 atom stereocenters. The third-order valence-corrected chi connectivity index (χ3v) is 3.45. The van der Waals surface area contributed by atoms with Crippen molar-refractivity contribution in [3.8, 4) is 0 Å². The summed E-state index contributed by atoms with van der Waals surface area (Å²) in [6.45, 7) is 0. The fraction of sp³-hybridized carbons (Fsp3) is 0.143. The minimum atomic E-state index is -2.89. The van der Waals surface area contributed by atoms with Crippen molar-refractivity contribution < 1.29 is 13.0 Å². The summed E-state index contributed by atoms with van der Waals surface area (Å²) in [5.74, 6) is -2.89. The van der Waals surface area contributed by atoms with Crippen molar-refractivity contribution in [1.82, 2.24) is 0 Å². The number of nitrogens with two attached hydrogens (primary N) is 1. The van der Waals surface area contributed by atoms with Gasteiger partial charge in [-0.05, 0) is 34.7 Å². The maximum Gasteiger partial charge on any atom is 0.316 e. The molecule has 0 saturated heterocycles. The van der Waals surface area contributed by atoms with Gasteiger partial charge in [-0.25, -0.2) is 4.21 Å². The third-order valence-electron chi connectivity index (χ3n) is 1.39. The topological polar surface area (TPSA) is 43.1 Å². The van der Waals surface area contributed by atoms with Crippen molar-refractivity contribution >= 4 is 39.1 Å². The van der Waals surface area contributed by atoms with Crippen LogP contribution in [0.1, 0.15) is 0 Å². The zero-order chi connectivity index (χ0) is 10.0. The molecule has 2 N–H and O–H groups in total. The smallest absolute Gasteiger partial charge is 0.316 e. The predicted molar refractivity (Wildman–Crippen MR) is 56.0 cm³/mol. The molecule has 72 valence electrons. The lowest BCUT2D eigenvalue weighted by Gasteiger charge is -2.05. The summed E-state index contributed by atoms with van der Waals surface area (Å²) in [6.07, 6.45) is 0. The Morgan fingerprint density at radius 2 is 2.08 bits per heavy atom. The molecule has 1 aromatic carbocycles. The molecule has 0 aliphatic carbocycles. The molecule has 1 unspecified atom stereocenters. The number of benzene rings is 1. The van der Waals surface area contributed by atoms with Crippen LogP contribution in [0.15, 0.2) is 23.1 Å². The van der Waals surface area contributed by atoms with Gasteiger partial charge in [-0.3, -0.25) is 0 Å². The largest absolute Gasteiger partial charge is 0.397 e. The van der Waals surface area contributed by atoms with Crippen LogP contribution >= 0.6 is 22.6 Å². The highest BCUT2D eigenvalue weighted by Crippen LogP contribution is 2.24. The van der Waals surface area contributed by atoms with Crippen LogP contribution in [0.2, 0.25) is 0 Å². The monoisotopic (exact) mass is 317 g/mol. The molecule has 0 heterocycles. The molecule has 1 aromatic rings. The maximum atomic E-state index is 12.1. The molecule has 0 saturated carbocycles. The molecule has 0 bridgehead atoms. The summed E-state index contributed by atoms with van der Waals surface area (Å²) in [6, 6.07) is 4.57. The van der Waals surface area contributed by atoms with Crippen molar-refractivity contribution in [3.05, 3.63) is 21.8 Å². The Bertz CT molecular complexity index is 345. The van der Waals surface area contributed by atoms with E-state index in [1.807, 2.05) is 22.6 Å². The van der Waals surface area contributed by atoms with E-state index < -0.39 is 16.6 Å². The predicted octanol–water partition coefficient (Wildman–Crippen LogP) is 2.20. The molecule has 0 aliphatic heterocycles. The molecular formula is C7H6F2INOS. The van der Waals surface area contributed by atoms with E-state index in [-0.39, 0.29) is 10.6 Å². The average molecular weight is 317 g/mol. The van der Waals surface area contributed by atoms with Gasteiger partial charge in [0, 0.05) is 3.57 Å². The van der Waals surface area contributed by atoms with Crippen LogP contribution in [0.4, 0.5) is 14.5 Å². The van der Waals surface area contributed by atoms with Gasteiger partial charge in [0.15, 0.2) is 0 Å². The molecule has 0 spiro atoms. The number of hydrogen-bond donors (Lipinski definition) is 1. The van der Waals surface area contributed by atoms with E-state index in [9.17, 15) is 13.0 Å². The molecule has 0 radical (unpaired) electrons. The number of hydrogen-bond acceptors (Lipinski definition) is 2. The van der Waals surface area contributed by atoms with E-state index in [4.69, 9.17) is 5.73 Å². The van der Waals surface area contributed by atoms with Crippen LogP contribution < -0.4 is 5.73 Å². The van der Waals surface area contributed by atoms with Crippen molar-refractivity contribution in [2.75, 3.05) is 5.73 Å². The molecule has 0 aromatic heterocycles. The van der Waals surface area contributed by atoms with Gasteiger partial charge in [0.05, 0.1) is 10.6 Å². The first kappa shape index (κ1) is 10.8. The van der Waals surface area contributed by atoms with Crippen LogP contribution in [0.3, 0.4) is 0 Å². The van der Waals surface area contributed by atoms with E-state index in [0.29, 0.717) is 3.57 Å². The molecule has 6 heteroatoms. The molecule has 0 fully saturated rings. The van der Waals surface area contributed by atoms with Gasteiger partial charge < -0.3 is 5.73 Å². The van der Waals surface area contributed by atoms with Crippen molar-refractivity contribution in [1.29, 1.82) is 0 Å². The molecule has 0 aliphatic rings. The van der Waals surface area contributed by atoms with Crippen molar-refractivity contribution in [3.63, 3.8) is 0 Å². The van der Waals surface area contributed by atoms with Crippen LogP contribution in [0, 0.1) is 3.57 Å². The third kappa shape index (κ3) is 2.37. The van der Waals surface area contributed by atoms with Crippen molar-refractivity contribution in [2.45, 2.75) is 10.7 Å².